The molecular formula is C14H18FIN2O2. The first-order chi connectivity index (χ1) is 9.47. The van der Waals surface area contributed by atoms with Crippen molar-refractivity contribution in [2.45, 2.75) is 24.9 Å². The Morgan fingerprint density at radius 3 is 2.70 bits per heavy atom. The number of aliphatic hydroxyl groups is 1. The number of aliphatic hydroxyl groups excluding tert-OH is 1. The molecule has 1 aliphatic rings. The van der Waals surface area contributed by atoms with Gasteiger partial charge in [0.2, 0.25) is 5.91 Å². The number of hydrogen-bond donors (Lipinski definition) is 2. The maximum Gasteiger partial charge on any atom is 0.226 e. The van der Waals surface area contributed by atoms with E-state index in [0.29, 0.717) is 28.5 Å². The summed E-state index contributed by atoms with van der Waals surface area (Å²) >= 11 is 1.91. The van der Waals surface area contributed by atoms with Crippen LogP contribution in [0.15, 0.2) is 18.2 Å². The average Bonchev–Trinajstić information content (AvgIpc) is 2.41. The van der Waals surface area contributed by atoms with Crippen LogP contribution in [0.3, 0.4) is 0 Å². The van der Waals surface area contributed by atoms with Gasteiger partial charge in [-0.1, -0.05) is 6.07 Å². The Morgan fingerprint density at radius 1 is 1.50 bits per heavy atom. The van der Waals surface area contributed by atoms with Crippen molar-refractivity contribution in [2.75, 3.05) is 19.6 Å². The number of carbonyl (C=O) groups excluding carboxylic acids is 1. The van der Waals surface area contributed by atoms with Gasteiger partial charge in [-0.15, -0.1) is 0 Å². The molecule has 1 atom stereocenters. The molecular weight excluding hydrogens is 374 g/mol. The van der Waals surface area contributed by atoms with Crippen LogP contribution in [0.25, 0.3) is 0 Å². The number of nitrogens with zero attached hydrogens (tertiary/aromatic N) is 1. The van der Waals surface area contributed by atoms with Crippen molar-refractivity contribution in [1.29, 1.82) is 0 Å². The summed E-state index contributed by atoms with van der Waals surface area (Å²) < 4.78 is 14.2. The molecule has 1 saturated heterocycles. The third kappa shape index (κ3) is 3.89. The minimum absolute atomic E-state index is 0.256. The molecule has 6 heteroatoms. The van der Waals surface area contributed by atoms with Crippen molar-refractivity contribution >= 4 is 28.5 Å². The standard InChI is InChI=1S/C14H18FIN2O2/c15-12-7-9(1-2-13(12)16)11(14(17)20)8-18-5-3-10(19)4-6-18/h1-2,7,10-11,19H,3-6,8H2,(H2,17,20)/t11-/m1/s1. The monoisotopic (exact) mass is 392 g/mol. The number of rotatable bonds is 4. The third-order valence-corrected chi connectivity index (χ3v) is 4.56. The topological polar surface area (TPSA) is 66.6 Å². The predicted octanol–water partition coefficient (Wildman–Crippen LogP) is 1.46. The fraction of sp³-hybridized carbons (Fsp3) is 0.500. The van der Waals surface area contributed by atoms with Crippen molar-refractivity contribution < 1.29 is 14.3 Å². The Balaban J connectivity index is 2.10. The average molecular weight is 392 g/mol. The largest absolute Gasteiger partial charge is 0.393 e. The molecule has 1 heterocycles. The highest BCUT2D eigenvalue weighted by Crippen LogP contribution is 2.22. The Labute approximate surface area is 131 Å². The van der Waals surface area contributed by atoms with E-state index in [2.05, 4.69) is 4.90 Å². The lowest BCUT2D eigenvalue weighted by Gasteiger charge is -2.31. The van der Waals surface area contributed by atoms with Crippen LogP contribution in [-0.4, -0.2) is 41.7 Å². The molecule has 110 valence electrons. The normalized spacial score (nSPS) is 18.9. The lowest BCUT2D eigenvalue weighted by Crippen LogP contribution is -2.41. The first-order valence-electron chi connectivity index (χ1n) is 6.62. The molecule has 3 N–H and O–H groups in total. The number of hydrogen-bond acceptors (Lipinski definition) is 3. The highest BCUT2D eigenvalue weighted by Gasteiger charge is 2.25. The summed E-state index contributed by atoms with van der Waals surface area (Å²) in [5.41, 5.74) is 6.07. The summed E-state index contributed by atoms with van der Waals surface area (Å²) in [7, 11) is 0. The van der Waals surface area contributed by atoms with Gasteiger partial charge in [0.25, 0.3) is 0 Å². The Bertz CT molecular complexity index is 490. The zero-order valence-corrected chi connectivity index (χ0v) is 13.2. The van der Waals surface area contributed by atoms with Crippen LogP contribution in [-0.2, 0) is 4.79 Å². The van der Waals surface area contributed by atoms with Gasteiger partial charge in [0.15, 0.2) is 0 Å². The third-order valence-electron chi connectivity index (χ3n) is 3.69. The molecule has 1 aromatic carbocycles. The second kappa shape index (κ2) is 6.82. The van der Waals surface area contributed by atoms with Crippen LogP contribution in [0.4, 0.5) is 4.39 Å². The van der Waals surface area contributed by atoms with E-state index < -0.39 is 11.8 Å². The maximum atomic E-state index is 13.6. The number of piperidine rings is 1. The highest BCUT2D eigenvalue weighted by atomic mass is 127. The molecule has 1 aliphatic heterocycles. The van der Waals surface area contributed by atoms with Crippen molar-refractivity contribution in [3.8, 4) is 0 Å². The van der Waals surface area contributed by atoms with Crippen LogP contribution >= 0.6 is 22.6 Å². The van der Waals surface area contributed by atoms with Crippen LogP contribution in [0.1, 0.15) is 24.3 Å². The molecule has 1 aromatic rings. The van der Waals surface area contributed by atoms with Gasteiger partial charge in [-0.25, -0.2) is 4.39 Å². The van der Waals surface area contributed by atoms with E-state index in [-0.39, 0.29) is 11.9 Å². The van der Waals surface area contributed by atoms with Gasteiger partial charge in [0.1, 0.15) is 5.82 Å². The van der Waals surface area contributed by atoms with Gasteiger partial charge in [-0.2, -0.15) is 0 Å². The van der Waals surface area contributed by atoms with Gasteiger partial charge in [-0.3, -0.25) is 4.79 Å². The Kier molecular flexibility index (Phi) is 5.34. The van der Waals surface area contributed by atoms with E-state index in [1.54, 1.807) is 12.1 Å². The molecule has 0 aromatic heterocycles. The van der Waals surface area contributed by atoms with Crippen molar-refractivity contribution in [2.24, 2.45) is 5.73 Å². The minimum atomic E-state index is -0.517. The van der Waals surface area contributed by atoms with Crippen LogP contribution in [0.5, 0.6) is 0 Å². The fourth-order valence-corrected chi connectivity index (χ4v) is 2.78. The van der Waals surface area contributed by atoms with Crippen molar-refractivity contribution in [1.82, 2.24) is 4.90 Å². The van der Waals surface area contributed by atoms with Crippen molar-refractivity contribution in [3.63, 3.8) is 0 Å². The molecule has 0 radical (unpaired) electrons. The summed E-state index contributed by atoms with van der Waals surface area (Å²) in [5, 5.41) is 9.49. The quantitative estimate of drug-likeness (QED) is 0.763. The number of amides is 1. The second-order valence-corrected chi connectivity index (χ2v) is 6.32. The van der Waals surface area contributed by atoms with E-state index in [9.17, 15) is 14.3 Å². The fourth-order valence-electron chi connectivity index (χ4n) is 2.45. The van der Waals surface area contributed by atoms with Gasteiger partial charge >= 0.3 is 0 Å². The first-order valence-corrected chi connectivity index (χ1v) is 7.70. The van der Waals surface area contributed by atoms with Gasteiger partial charge in [0, 0.05) is 23.2 Å². The summed E-state index contributed by atoms with van der Waals surface area (Å²) in [4.78, 5) is 13.8. The lowest BCUT2D eigenvalue weighted by atomic mass is 9.96. The smallest absolute Gasteiger partial charge is 0.226 e. The van der Waals surface area contributed by atoms with Crippen molar-refractivity contribution in [3.05, 3.63) is 33.1 Å². The van der Waals surface area contributed by atoms with Crippen LogP contribution in [0, 0.1) is 9.39 Å². The van der Waals surface area contributed by atoms with E-state index in [1.807, 2.05) is 22.6 Å². The SMILES string of the molecule is NC(=O)[C@H](CN1CCC(O)CC1)c1ccc(I)c(F)c1. The van der Waals surface area contributed by atoms with E-state index in [4.69, 9.17) is 5.73 Å². The van der Waals surface area contributed by atoms with E-state index >= 15 is 0 Å². The number of carbonyl (C=O) groups is 1. The number of halogens is 2. The Hall–Kier alpha value is -0.730. The van der Waals surface area contributed by atoms with E-state index in [1.165, 1.54) is 6.07 Å². The van der Waals surface area contributed by atoms with Gasteiger partial charge < -0.3 is 15.7 Å². The molecule has 2 rings (SSSR count). The summed E-state index contributed by atoms with van der Waals surface area (Å²) in [6.45, 7) is 1.94. The van der Waals surface area contributed by atoms with E-state index in [0.717, 1.165) is 13.1 Å². The molecule has 0 saturated carbocycles. The van der Waals surface area contributed by atoms with Crippen LogP contribution in [0.2, 0.25) is 0 Å². The Morgan fingerprint density at radius 2 is 2.15 bits per heavy atom. The zero-order valence-electron chi connectivity index (χ0n) is 11.1. The second-order valence-electron chi connectivity index (χ2n) is 5.16. The minimum Gasteiger partial charge on any atom is -0.393 e. The van der Waals surface area contributed by atoms with Gasteiger partial charge in [0.05, 0.1) is 12.0 Å². The molecule has 4 nitrogen and oxygen atoms in total. The number of primary amides is 1. The predicted molar refractivity (Wildman–Crippen MR) is 82.7 cm³/mol. The number of benzene rings is 1. The summed E-state index contributed by atoms with van der Waals surface area (Å²) in [5.74, 6) is -1.29. The molecule has 1 amide bonds. The molecule has 0 unspecified atom stereocenters. The molecule has 0 bridgehead atoms. The van der Waals surface area contributed by atoms with Crippen LogP contribution < -0.4 is 5.73 Å². The molecule has 1 fully saturated rings. The molecule has 20 heavy (non-hydrogen) atoms. The maximum absolute atomic E-state index is 13.6. The molecule has 0 aliphatic carbocycles. The summed E-state index contributed by atoms with van der Waals surface area (Å²) in [6, 6.07) is 4.79. The number of likely N-dealkylation sites (tertiary alicyclic amines) is 1. The first kappa shape index (κ1) is 15.7. The highest BCUT2D eigenvalue weighted by molar-refractivity contribution is 14.1. The number of nitrogens with two attached hydrogens (primary N) is 1. The lowest BCUT2D eigenvalue weighted by molar-refractivity contribution is -0.120. The zero-order chi connectivity index (χ0) is 14.7. The van der Waals surface area contributed by atoms with Gasteiger partial charge in [-0.05, 0) is 53.1 Å². The summed E-state index contributed by atoms with van der Waals surface area (Å²) in [6.07, 6.45) is 1.15. The molecule has 0 spiro atoms.